The van der Waals surface area contributed by atoms with Gasteiger partial charge in [-0.2, -0.15) is 0 Å². The molecule has 0 bridgehead atoms. The lowest BCUT2D eigenvalue weighted by molar-refractivity contribution is 0.0280. The van der Waals surface area contributed by atoms with E-state index in [0.717, 1.165) is 16.8 Å². The van der Waals surface area contributed by atoms with Gasteiger partial charge in [0, 0.05) is 30.1 Å². The normalized spacial score (nSPS) is 15.0. The largest absolute Gasteiger partial charge is 0.455 e. The molecule has 1 saturated heterocycles. The summed E-state index contributed by atoms with van der Waals surface area (Å²) in [5.74, 6) is 1.17. The Morgan fingerprint density at radius 1 is 1.12 bits per heavy atom. The first-order valence-electron chi connectivity index (χ1n) is 8.97. The van der Waals surface area contributed by atoms with Gasteiger partial charge in [-0.3, -0.25) is 9.69 Å². The van der Waals surface area contributed by atoms with Crippen molar-refractivity contribution in [3.8, 4) is 0 Å². The average Bonchev–Trinajstić information content (AvgIpc) is 3.11. The van der Waals surface area contributed by atoms with Gasteiger partial charge in [0.1, 0.15) is 5.76 Å². The highest BCUT2D eigenvalue weighted by Crippen LogP contribution is 2.18. The van der Waals surface area contributed by atoms with E-state index in [4.69, 9.17) is 9.15 Å². The lowest BCUT2D eigenvalue weighted by Crippen LogP contribution is -2.40. The fourth-order valence-corrected chi connectivity index (χ4v) is 3.21. The number of carbonyl (C=O) groups is 1. The lowest BCUT2D eigenvalue weighted by atomic mass is 10.2. The van der Waals surface area contributed by atoms with Crippen LogP contribution in [0.4, 0.5) is 0 Å². The minimum Gasteiger partial charge on any atom is -0.455 e. The van der Waals surface area contributed by atoms with Crippen LogP contribution < -0.4 is 0 Å². The summed E-state index contributed by atoms with van der Waals surface area (Å²) < 4.78 is 12.2. The molecule has 0 atom stereocenters. The Balaban J connectivity index is 1.65. The molecule has 0 radical (unpaired) electrons. The van der Waals surface area contributed by atoms with Crippen LogP contribution in [0.3, 0.4) is 0 Å². The number of morpholine rings is 1. The number of rotatable bonds is 6. The summed E-state index contributed by atoms with van der Waals surface area (Å²) in [5.41, 5.74) is 1.25. The predicted octanol–water partition coefficient (Wildman–Crippen LogP) is 3.93. The number of amides is 1. The van der Waals surface area contributed by atoms with Crippen LogP contribution in [0.2, 0.25) is 0 Å². The second kappa shape index (κ2) is 8.84. The van der Waals surface area contributed by atoms with Gasteiger partial charge in [-0.1, -0.05) is 28.1 Å². The van der Waals surface area contributed by atoms with Crippen molar-refractivity contribution in [1.82, 2.24) is 9.80 Å². The summed E-state index contributed by atoms with van der Waals surface area (Å²) in [7, 11) is 0. The second-order valence-electron chi connectivity index (χ2n) is 6.80. The smallest absolute Gasteiger partial charge is 0.289 e. The molecule has 1 fully saturated rings. The summed E-state index contributed by atoms with van der Waals surface area (Å²) in [5, 5.41) is 0. The van der Waals surface area contributed by atoms with Gasteiger partial charge in [0.15, 0.2) is 5.76 Å². The molecule has 0 saturated carbocycles. The fourth-order valence-electron chi connectivity index (χ4n) is 2.95. The lowest BCUT2D eigenvalue weighted by Gasteiger charge is -2.26. The third kappa shape index (κ3) is 4.96. The Bertz CT molecular complexity index is 721. The maximum absolute atomic E-state index is 12.5. The molecule has 1 aromatic heterocycles. The molecule has 1 aromatic carbocycles. The number of furan rings is 1. The quantitative estimate of drug-likeness (QED) is 0.709. The van der Waals surface area contributed by atoms with Crippen molar-refractivity contribution in [3.63, 3.8) is 0 Å². The molecular weight excluding hydrogens is 396 g/mol. The van der Waals surface area contributed by atoms with E-state index in [1.165, 1.54) is 5.56 Å². The molecule has 2 aromatic rings. The Morgan fingerprint density at radius 3 is 2.46 bits per heavy atom. The van der Waals surface area contributed by atoms with E-state index in [9.17, 15) is 4.79 Å². The minimum absolute atomic E-state index is 0.0523. The van der Waals surface area contributed by atoms with Gasteiger partial charge in [0.2, 0.25) is 0 Å². The van der Waals surface area contributed by atoms with Gasteiger partial charge in [0.05, 0.1) is 19.8 Å². The van der Waals surface area contributed by atoms with Crippen molar-refractivity contribution < 1.29 is 13.9 Å². The van der Waals surface area contributed by atoms with E-state index in [-0.39, 0.29) is 5.91 Å². The number of halogens is 1. The summed E-state index contributed by atoms with van der Waals surface area (Å²) in [4.78, 5) is 16.6. The second-order valence-corrected chi connectivity index (χ2v) is 7.71. The van der Waals surface area contributed by atoms with Crippen molar-refractivity contribution in [2.24, 2.45) is 0 Å². The van der Waals surface area contributed by atoms with Crippen molar-refractivity contribution in [2.45, 2.75) is 33.0 Å². The molecule has 6 heteroatoms. The summed E-state index contributed by atoms with van der Waals surface area (Å²) >= 11 is 3.47. The number of ether oxygens (including phenoxy) is 1. The van der Waals surface area contributed by atoms with Crippen LogP contribution in [0.1, 0.15) is 35.7 Å². The average molecular weight is 421 g/mol. The molecule has 140 valence electrons. The van der Waals surface area contributed by atoms with Crippen molar-refractivity contribution >= 4 is 21.8 Å². The van der Waals surface area contributed by atoms with Crippen molar-refractivity contribution in [3.05, 3.63) is 58.0 Å². The first kappa shape index (κ1) is 19.1. The maximum atomic E-state index is 12.5. The zero-order valence-electron chi connectivity index (χ0n) is 15.3. The molecule has 0 N–H and O–H groups in total. The van der Waals surface area contributed by atoms with Gasteiger partial charge >= 0.3 is 0 Å². The number of hydrogen-bond acceptors (Lipinski definition) is 4. The first-order chi connectivity index (χ1) is 12.5. The summed E-state index contributed by atoms with van der Waals surface area (Å²) in [6.45, 7) is 8.26. The van der Waals surface area contributed by atoms with Gasteiger partial charge in [-0.25, -0.2) is 0 Å². The van der Waals surface area contributed by atoms with Crippen LogP contribution in [0.5, 0.6) is 0 Å². The zero-order chi connectivity index (χ0) is 18.5. The monoisotopic (exact) mass is 420 g/mol. The Hall–Kier alpha value is -1.63. The van der Waals surface area contributed by atoms with E-state index in [1.54, 1.807) is 11.0 Å². The Kier molecular flexibility index (Phi) is 6.51. The molecule has 1 amide bonds. The number of hydrogen-bond donors (Lipinski definition) is 0. The third-order valence-electron chi connectivity index (χ3n) is 4.56. The molecule has 26 heavy (non-hydrogen) atoms. The van der Waals surface area contributed by atoms with E-state index < -0.39 is 0 Å². The topological polar surface area (TPSA) is 45.9 Å². The molecule has 1 aliphatic heterocycles. The fraction of sp³-hybridized carbons (Fsp3) is 0.450. The van der Waals surface area contributed by atoms with Crippen LogP contribution in [-0.4, -0.2) is 48.1 Å². The highest BCUT2D eigenvalue weighted by molar-refractivity contribution is 9.10. The molecular formula is C20H25BrN2O3. The standard InChI is InChI=1S/C20H25BrN2O3/c1-15(2)23(13-16-3-5-17(21)6-4-16)14-18-7-8-19(26-18)20(24)22-9-11-25-12-10-22/h3-8,15H,9-14H2,1-2H3. The molecule has 0 aliphatic carbocycles. The van der Waals surface area contributed by atoms with E-state index in [0.29, 0.717) is 44.7 Å². The molecule has 0 spiro atoms. The van der Waals surface area contributed by atoms with Crippen LogP contribution in [0.25, 0.3) is 0 Å². The van der Waals surface area contributed by atoms with Crippen LogP contribution in [0.15, 0.2) is 45.3 Å². The predicted molar refractivity (Wildman–Crippen MR) is 104 cm³/mol. The van der Waals surface area contributed by atoms with E-state index in [1.807, 2.05) is 6.07 Å². The highest BCUT2D eigenvalue weighted by atomic mass is 79.9. The third-order valence-corrected chi connectivity index (χ3v) is 5.09. The van der Waals surface area contributed by atoms with Gasteiger partial charge in [-0.15, -0.1) is 0 Å². The van der Waals surface area contributed by atoms with Gasteiger partial charge < -0.3 is 14.1 Å². The first-order valence-corrected chi connectivity index (χ1v) is 9.76. The van der Waals surface area contributed by atoms with E-state index >= 15 is 0 Å². The van der Waals surface area contributed by atoms with Crippen LogP contribution in [-0.2, 0) is 17.8 Å². The number of carbonyl (C=O) groups excluding carboxylic acids is 1. The van der Waals surface area contributed by atoms with Crippen LogP contribution >= 0.6 is 15.9 Å². The molecule has 2 heterocycles. The van der Waals surface area contributed by atoms with Gasteiger partial charge in [0.25, 0.3) is 5.91 Å². The summed E-state index contributed by atoms with van der Waals surface area (Å²) in [6, 6.07) is 12.4. The maximum Gasteiger partial charge on any atom is 0.289 e. The molecule has 3 rings (SSSR count). The van der Waals surface area contributed by atoms with E-state index in [2.05, 4.69) is 58.9 Å². The number of nitrogens with zero attached hydrogens (tertiary/aromatic N) is 2. The summed E-state index contributed by atoms with van der Waals surface area (Å²) in [6.07, 6.45) is 0. The van der Waals surface area contributed by atoms with Gasteiger partial charge in [-0.05, 0) is 43.7 Å². The molecule has 1 aliphatic rings. The van der Waals surface area contributed by atoms with Crippen LogP contribution in [0, 0.1) is 0 Å². The van der Waals surface area contributed by atoms with Crippen molar-refractivity contribution in [2.75, 3.05) is 26.3 Å². The SMILES string of the molecule is CC(C)N(Cc1ccc(Br)cc1)Cc1ccc(C(=O)N2CCOCC2)o1. The Morgan fingerprint density at radius 2 is 1.81 bits per heavy atom. The number of benzene rings is 1. The minimum atomic E-state index is -0.0523. The zero-order valence-corrected chi connectivity index (χ0v) is 16.9. The molecule has 0 unspecified atom stereocenters. The molecule has 5 nitrogen and oxygen atoms in total. The van der Waals surface area contributed by atoms with Crippen molar-refractivity contribution in [1.29, 1.82) is 0 Å². The Labute approximate surface area is 163 Å². The highest BCUT2D eigenvalue weighted by Gasteiger charge is 2.22.